The van der Waals surface area contributed by atoms with Crippen LogP contribution in [0.3, 0.4) is 0 Å². The summed E-state index contributed by atoms with van der Waals surface area (Å²) >= 11 is 0. The maximum atomic E-state index is 13.1. The van der Waals surface area contributed by atoms with Crippen LogP contribution in [0, 0.1) is 0 Å². The lowest BCUT2D eigenvalue weighted by Crippen LogP contribution is -2.43. The van der Waals surface area contributed by atoms with Crippen molar-refractivity contribution in [2.75, 3.05) is 5.32 Å². The quantitative estimate of drug-likeness (QED) is 0.631. The molecule has 170 valence electrons. The van der Waals surface area contributed by atoms with Crippen molar-refractivity contribution in [3.8, 4) is 0 Å². The Balaban J connectivity index is 1.35. The van der Waals surface area contributed by atoms with Crippen LogP contribution in [0.15, 0.2) is 55.0 Å². The number of amides is 1. The predicted octanol–water partition coefficient (Wildman–Crippen LogP) is 4.43. The van der Waals surface area contributed by atoms with E-state index < -0.39 is 11.7 Å². The number of anilines is 2. The molecule has 2 unspecified atom stereocenters. The predicted molar refractivity (Wildman–Crippen MR) is 116 cm³/mol. The van der Waals surface area contributed by atoms with Gasteiger partial charge in [0.2, 0.25) is 5.95 Å². The van der Waals surface area contributed by atoms with Crippen molar-refractivity contribution in [1.29, 1.82) is 0 Å². The molecule has 0 aliphatic carbocycles. The van der Waals surface area contributed by atoms with Crippen molar-refractivity contribution in [2.24, 2.45) is 7.05 Å². The number of hydrogen-bond donors (Lipinski definition) is 1. The molecule has 1 amide bonds. The third-order valence-electron chi connectivity index (χ3n) is 6.03. The van der Waals surface area contributed by atoms with E-state index in [0.29, 0.717) is 12.4 Å². The van der Waals surface area contributed by atoms with Gasteiger partial charge in [0.05, 0.1) is 29.2 Å². The molecule has 33 heavy (non-hydrogen) atoms. The molecule has 2 aliphatic heterocycles. The van der Waals surface area contributed by atoms with Gasteiger partial charge in [-0.15, -0.1) is 0 Å². The van der Waals surface area contributed by atoms with Crippen LogP contribution in [-0.4, -0.2) is 42.6 Å². The van der Waals surface area contributed by atoms with Crippen molar-refractivity contribution < 1.29 is 18.0 Å². The lowest BCUT2D eigenvalue weighted by atomic mass is 9.97. The van der Waals surface area contributed by atoms with Crippen LogP contribution in [-0.2, 0) is 13.2 Å². The normalized spacial score (nSPS) is 20.0. The highest BCUT2D eigenvalue weighted by Crippen LogP contribution is 2.39. The minimum Gasteiger partial charge on any atom is -0.329 e. The number of halogens is 3. The van der Waals surface area contributed by atoms with Crippen LogP contribution >= 0.6 is 0 Å². The molecule has 5 rings (SSSR count). The lowest BCUT2D eigenvalue weighted by molar-refractivity contribution is -0.137. The number of alkyl halides is 3. The topological polar surface area (TPSA) is 75.9 Å². The molecule has 4 heterocycles. The number of hydrogen-bond acceptors (Lipinski definition) is 5. The van der Waals surface area contributed by atoms with Crippen LogP contribution in [0.4, 0.5) is 24.8 Å². The SMILES string of the molecule is Cn1cc(Nc2nccc(C3=CC4CCC(C3)N4C(=O)c3ccc(C(F)(F)F)cc3)n2)cn1. The summed E-state index contributed by atoms with van der Waals surface area (Å²) in [4.78, 5) is 23.8. The molecule has 10 heteroatoms. The lowest BCUT2D eigenvalue weighted by Gasteiger charge is -2.34. The van der Waals surface area contributed by atoms with Gasteiger partial charge in [0, 0.05) is 31.0 Å². The zero-order chi connectivity index (χ0) is 23.2. The second-order valence-corrected chi connectivity index (χ2v) is 8.28. The Hall–Kier alpha value is -3.69. The number of carbonyl (C=O) groups is 1. The molecule has 1 fully saturated rings. The van der Waals surface area contributed by atoms with Gasteiger partial charge < -0.3 is 10.2 Å². The molecular weight excluding hydrogens is 433 g/mol. The molecule has 7 nitrogen and oxygen atoms in total. The smallest absolute Gasteiger partial charge is 0.329 e. The van der Waals surface area contributed by atoms with E-state index >= 15 is 0 Å². The molecule has 2 atom stereocenters. The monoisotopic (exact) mass is 454 g/mol. The average Bonchev–Trinajstić information content (AvgIpc) is 3.31. The van der Waals surface area contributed by atoms with Gasteiger partial charge in [-0.3, -0.25) is 9.48 Å². The second kappa shape index (κ2) is 8.02. The summed E-state index contributed by atoms with van der Waals surface area (Å²) in [6.07, 6.45) is 5.08. The van der Waals surface area contributed by atoms with E-state index in [4.69, 9.17) is 0 Å². The second-order valence-electron chi connectivity index (χ2n) is 8.28. The van der Waals surface area contributed by atoms with Crippen molar-refractivity contribution >= 4 is 23.1 Å². The molecule has 3 aromatic rings. The molecule has 1 N–H and O–H groups in total. The number of fused-ring (bicyclic) bond motifs is 2. The number of aromatic nitrogens is 4. The van der Waals surface area contributed by atoms with Gasteiger partial charge in [-0.1, -0.05) is 6.08 Å². The van der Waals surface area contributed by atoms with Gasteiger partial charge in [-0.25, -0.2) is 9.97 Å². The first-order valence-electron chi connectivity index (χ1n) is 10.6. The number of nitrogens with one attached hydrogen (secondary N) is 1. The molecule has 0 radical (unpaired) electrons. The van der Waals surface area contributed by atoms with Crippen LogP contribution in [0.5, 0.6) is 0 Å². The molecule has 0 saturated carbocycles. The fourth-order valence-electron chi connectivity index (χ4n) is 4.50. The standard InChI is InChI=1S/C23H21F3N6O/c1-31-13-17(12-28-31)29-22-27-9-8-20(30-22)15-10-18-6-7-19(11-15)32(18)21(33)14-2-4-16(5-3-14)23(24,25)26/h2-5,8-10,12-13,18-19H,6-7,11H2,1H3,(H,27,29,30). The van der Waals surface area contributed by atoms with Gasteiger partial charge in [0.1, 0.15) is 0 Å². The molecule has 2 aliphatic rings. The van der Waals surface area contributed by atoms with Gasteiger partial charge in [-0.05, 0) is 55.2 Å². The summed E-state index contributed by atoms with van der Waals surface area (Å²) in [6.45, 7) is 0. The largest absolute Gasteiger partial charge is 0.416 e. The van der Waals surface area contributed by atoms with Crippen molar-refractivity contribution in [2.45, 2.75) is 37.5 Å². The molecule has 2 bridgehead atoms. The summed E-state index contributed by atoms with van der Waals surface area (Å²) in [7, 11) is 1.82. The Labute approximate surface area is 188 Å². The summed E-state index contributed by atoms with van der Waals surface area (Å²) in [5.41, 5.74) is 2.11. The van der Waals surface area contributed by atoms with Crippen LogP contribution in [0.2, 0.25) is 0 Å². The Morgan fingerprint density at radius 3 is 2.61 bits per heavy atom. The van der Waals surface area contributed by atoms with E-state index in [1.165, 1.54) is 12.1 Å². The van der Waals surface area contributed by atoms with E-state index in [-0.39, 0.29) is 23.6 Å². The van der Waals surface area contributed by atoms with Gasteiger partial charge in [-0.2, -0.15) is 18.3 Å². The zero-order valence-electron chi connectivity index (χ0n) is 17.8. The Morgan fingerprint density at radius 1 is 1.15 bits per heavy atom. The van der Waals surface area contributed by atoms with E-state index in [9.17, 15) is 18.0 Å². The van der Waals surface area contributed by atoms with Crippen molar-refractivity contribution in [3.05, 3.63) is 71.8 Å². The van der Waals surface area contributed by atoms with Gasteiger partial charge in [0.15, 0.2) is 0 Å². The molecule has 1 saturated heterocycles. The third kappa shape index (κ3) is 4.20. The number of nitrogens with zero attached hydrogens (tertiary/aromatic N) is 5. The number of benzene rings is 1. The minimum absolute atomic E-state index is 0.0190. The summed E-state index contributed by atoms with van der Waals surface area (Å²) in [5.74, 6) is 0.213. The maximum Gasteiger partial charge on any atom is 0.416 e. The minimum atomic E-state index is -4.42. The van der Waals surface area contributed by atoms with Crippen molar-refractivity contribution in [1.82, 2.24) is 24.6 Å². The first kappa shape index (κ1) is 21.2. The molecular formula is C23H21F3N6O. The highest BCUT2D eigenvalue weighted by atomic mass is 19.4. The Bertz CT molecular complexity index is 1220. The number of carbonyl (C=O) groups excluding carboxylic acids is 1. The Morgan fingerprint density at radius 2 is 1.94 bits per heavy atom. The van der Waals surface area contributed by atoms with Crippen molar-refractivity contribution in [3.63, 3.8) is 0 Å². The summed E-state index contributed by atoms with van der Waals surface area (Å²) in [5, 5.41) is 7.24. The highest BCUT2D eigenvalue weighted by molar-refractivity contribution is 5.95. The summed E-state index contributed by atoms with van der Waals surface area (Å²) in [6, 6.07) is 6.13. The van der Waals surface area contributed by atoms with E-state index in [1.54, 1.807) is 22.0 Å². The highest BCUT2D eigenvalue weighted by Gasteiger charge is 2.40. The van der Waals surface area contributed by atoms with E-state index in [0.717, 1.165) is 41.9 Å². The third-order valence-corrected chi connectivity index (χ3v) is 6.03. The molecule has 0 spiro atoms. The van der Waals surface area contributed by atoms with Gasteiger partial charge >= 0.3 is 6.18 Å². The maximum absolute atomic E-state index is 13.1. The zero-order valence-corrected chi connectivity index (χ0v) is 17.8. The first-order valence-corrected chi connectivity index (χ1v) is 10.6. The average molecular weight is 454 g/mol. The number of aryl methyl sites for hydroxylation is 1. The van der Waals surface area contributed by atoms with Crippen LogP contribution in [0.1, 0.15) is 40.9 Å². The van der Waals surface area contributed by atoms with E-state index in [2.05, 4.69) is 20.4 Å². The Kier molecular flexibility index (Phi) is 5.15. The molecule has 1 aromatic carbocycles. The molecule has 2 aromatic heterocycles. The van der Waals surface area contributed by atoms with Crippen LogP contribution < -0.4 is 5.32 Å². The van der Waals surface area contributed by atoms with E-state index in [1.807, 2.05) is 25.4 Å². The summed E-state index contributed by atoms with van der Waals surface area (Å²) < 4.78 is 40.2. The van der Waals surface area contributed by atoms with Crippen LogP contribution in [0.25, 0.3) is 5.57 Å². The fraction of sp³-hybridized carbons (Fsp3) is 0.304. The first-order chi connectivity index (χ1) is 15.8. The van der Waals surface area contributed by atoms with Gasteiger partial charge in [0.25, 0.3) is 5.91 Å². The fourth-order valence-corrected chi connectivity index (χ4v) is 4.50. The number of rotatable bonds is 4.